The summed E-state index contributed by atoms with van der Waals surface area (Å²) in [5, 5.41) is 3.35. The third-order valence-corrected chi connectivity index (χ3v) is 2.01. The SMILES string of the molecule is CC(C)NCCCOCc1cccnc1. The average molecular weight is 208 g/mol. The third kappa shape index (κ3) is 6.20. The van der Waals surface area contributed by atoms with Gasteiger partial charge in [0.25, 0.3) is 0 Å². The summed E-state index contributed by atoms with van der Waals surface area (Å²) in [4.78, 5) is 4.03. The summed E-state index contributed by atoms with van der Waals surface area (Å²) in [6.07, 6.45) is 4.67. The molecule has 84 valence electrons. The molecule has 0 bridgehead atoms. The van der Waals surface area contributed by atoms with Gasteiger partial charge >= 0.3 is 0 Å². The molecule has 0 amide bonds. The zero-order valence-corrected chi connectivity index (χ0v) is 9.57. The zero-order chi connectivity index (χ0) is 10.9. The van der Waals surface area contributed by atoms with E-state index in [1.165, 1.54) is 0 Å². The van der Waals surface area contributed by atoms with Gasteiger partial charge in [-0.2, -0.15) is 0 Å². The number of nitrogens with zero attached hydrogens (tertiary/aromatic N) is 1. The fourth-order valence-electron chi connectivity index (χ4n) is 1.24. The van der Waals surface area contributed by atoms with Crippen LogP contribution in [-0.2, 0) is 11.3 Å². The van der Waals surface area contributed by atoms with Gasteiger partial charge in [-0.1, -0.05) is 19.9 Å². The van der Waals surface area contributed by atoms with E-state index in [0.29, 0.717) is 12.6 Å². The van der Waals surface area contributed by atoms with Crippen molar-refractivity contribution in [1.82, 2.24) is 10.3 Å². The van der Waals surface area contributed by atoms with E-state index in [-0.39, 0.29) is 0 Å². The molecule has 0 aliphatic rings. The molecule has 0 aliphatic heterocycles. The maximum absolute atomic E-state index is 5.52. The van der Waals surface area contributed by atoms with Crippen molar-refractivity contribution >= 4 is 0 Å². The molecule has 3 nitrogen and oxygen atoms in total. The Morgan fingerprint density at radius 3 is 3.00 bits per heavy atom. The molecule has 3 heteroatoms. The van der Waals surface area contributed by atoms with Gasteiger partial charge in [-0.15, -0.1) is 0 Å². The molecule has 1 aromatic rings. The van der Waals surface area contributed by atoms with Gasteiger partial charge in [-0.05, 0) is 24.6 Å². The van der Waals surface area contributed by atoms with Crippen LogP contribution >= 0.6 is 0 Å². The van der Waals surface area contributed by atoms with Crippen LogP contribution in [-0.4, -0.2) is 24.2 Å². The molecule has 15 heavy (non-hydrogen) atoms. The van der Waals surface area contributed by atoms with Crippen molar-refractivity contribution in [2.45, 2.75) is 32.9 Å². The van der Waals surface area contributed by atoms with Crippen LogP contribution < -0.4 is 5.32 Å². The van der Waals surface area contributed by atoms with Gasteiger partial charge in [0.1, 0.15) is 0 Å². The molecule has 0 atom stereocenters. The predicted octanol–water partition coefficient (Wildman–Crippen LogP) is 1.99. The summed E-state index contributed by atoms with van der Waals surface area (Å²) in [7, 11) is 0. The molecule has 0 aromatic carbocycles. The van der Waals surface area contributed by atoms with E-state index in [2.05, 4.69) is 24.1 Å². The van der Waals surface area contributed by atoms with E-state index < -0.39 is 0 Å². The topological polar surface area (TPSA) is 34.1 Å². The van der Waals surface area contributed by atoms with E-state index in [0.717, 1.165) is 25.1 Å². The van der Waals surface area contributed by atoms with Gasteiger partial charge in [-0.3, -0.25) is 4.98 Å². The number of ether oxygens (including phenoxy) is 1. The van der Waals surface area contributed by atoms with Crippen molar-refractivity contribution in [3.63, 3.8) is 0 Å². The molecule has 0 saturated heterocycles. The summed E-state index contributed by atoms with van der Waals surface area (Å²) in [5.74, 6) is 0. The molecule has 1 N–H and O–H groups in total. The highest BCUT2D eigenvalue weighted by atomic mass is 16.5. The lowest BCUT2D eigenvalue weighted by Gasteiger charge is -2.08. The van der Waals surface area contributed by atoms with Crippen LogP contribution in [0.1, 0.15) is 25.8 Å². The fourth-order valence-corrected chi connectivity index (χ4v) is 1.24. The van der Waals surface area contributed by atoms with Crippen molar-refractivity contribution in [2.24, 2.45) is 0 Å². The van der Waals surface area contributed by atoms with Gasteiger partial charge in [0, 0.05) is 25.0 Å². The molecule has 0 fully saturated rings. The Balaban J connectivity index is 1.98. The van der Waals surface area contributed by atoms with Gasteiger partial charge < -0.3 is 10.1 Å². The normalized spacial score (nSPS) is 10.9. The summed E-state index contributed by atoms with van der Waals surface area (Å²) < 4.78 is 5.52. The van der Waals surface area contributed by atoms with Crippen LogP contribution in [0.5, 0.6) is 0 Å². The molecule has 1 heterocycles. The van der Waals surface area contributed by atoms with Crippen LogP contribution in [0.2, 0.25) is 0 Å². The predicted molar refractivity (Wildman–Crippen MR) is 61.6 cm³/mol. The van der Waals surface area contributed by atoms with Crippen LogP contribution in [0.3, 0.4) is 0 Å². The molecule has 0 saturated carbocycles. The van der Waals surface area contributed by atoms with Gasteiger partial charge in [-0.25, -0.2) is 0 Å². The summed E-state index contributed by atoms with van der Waals surface area (Å²) >= 11 is 0. The highest BCUT2D eigenvalue weighted by Gasteiger charge is 1.94. The molecule has 0 radical (unpaired) electrons. The van der Waals surface area contributed by atoms with E-state index in [4.69, 9.17) is 4.74 Å². The standard InChI is InChI=1S/C12H20N2O/c1-11(2)14-7-4-8-15-10-12-5-3-6-13-9-12/h3,5-6,9,11,14H,4,7-8,10H2,1-2H3. The molecular formula is C12H20N2O. The first-order valence-corrected chi connectivity index (χ1v) is 5.49. The molecule has 0 spiro atoms. The minimum absolute atomic E-state index is 0.559. The smallest absolute Gasteiger partial charge is 0.0731 e. The Kier molecular flexibility index (Phi) is 5.97. The zero-order valence-electron chi connectivity index (χ0n) is 9.57. The largest absolute Gasteiger partial charge is 0.377 e. The molecule has 1 aromatic heterocycles. The van der Waals surface area contributed by atoms with Gasteiger partial charge in [0.15, 0.2) is 0 Å². The summed E-state index contributed by atoms with van der Waals surface area (Å²) in [5.41, 5.74) is 1.13. The summed E-state index contributed by atoms with van der Waals surface area (Å²) in [6, 6.07) is 4.52. The van der Waals surface area contributed by atoms with Gasteiger partial charge in [0.05, 0.1) is 6.61 Å². The molecule has 0 aliphatic carbocycles. The number of aromatic nitrogens is 1. The van der Waals surface area contributed by atoms with Crippen molar-refractivity contribution in [3.05, 3.63) is 30.1 Å². The minimum Gasteiger partial charge on any atom is -0.377 e. The number of rotatable bonds is 7. The van der Waals surface area contributed by atoms with Crippen LogP contribution in [0.25, 0.3) is 0 Å². The highest BCUT2D eigenvalue weighted by Crippen LogP contribution is 1.98. The first-order valence-electron chi connectivity index (χ1n) is 5.49. The second-order valence-corrected chi connectivity index (χ2v) is 3.88. The maximum Gasteiger partial charge on any atom is 0.0731 e. The fraction of sp³-hybridized carbons (Fsp3) is 0.583. The second-order valence-electron chi connectivity index (χ2n) is 3.88. The van der Waals surface area contributed by atoms with Crippen molar-refractivity contribution < 1.29 is 4.74 Å². The van der Waals surface area contributed by atoms with Crippen LogP contribution in [0, 0.1) is 0 Å². The van der Waals surface area contributed by atoms with E-state index >= 15 is 0 Å². The Morgan fingerprint density at radius 1 is 1.47 bits per heavy atom. The average Bonchev–Trinajstić information content (AvgIpc) is 2.24. The van der Waals surface area contributed by atoms with Crippen LogP contribution in [0.4, 0.5) is 0 Å². The number of hydrogen-bond donors (Lipinski definition) is 1. The Morgan fingerprint density at radius 2 is 2.33 bits per heavy atom. The van der Waals surface area contributed by atoms with E-state index in [9.17, 15) is 0 Å². The first kappa shape index (κ1) is 12.1. The van der Waals surface area contributed by atoms with E-state index in [1.807, 2.05) is 18.3 Å². The van der Waals surface area contributed by atoms with E-state index in [1.54, 1.807) is 6.20 Å². The van der Waals surface area contributed by atoms with Crippen LogP contribution in [0.15, 0.2) is 24.5 Å². The lowest BCUT2D eigenvalue weighted by molar-refractivity contribution is 0.118. The number of pyridine rings is 1. The lowest BCUT2D eigenvalue weighted by atomic mass is 10.3. The highest BCUT2D eigenvalue weighted by molar-refractivity contribution is 5.06. The van der Waals surface area contributed by atoms with Gasteiger partial charge in [0.2, 0.25) is 0 Å². The Bertz CT molecular complexity index is 249. The number of hydrogen-bond acceptors (Lipinski definition) is 3. The molecule has 0 unspecified atom stereocenters. The Labute approximate surface area is 91.9 Å². The number of nitrogens with one attached hydrogen (secondary N) is 1. The third-order valence-electron chi connectivity index (χ3n) is 2.01. The Hall–Kier alpha value is -0.930. The molecular weight excluding hydrogens is 188 g/mol. The lowest BCUT2D eigenvalue weighted by Crippen LogP contribution is -2.24. The molecule has 1 rings (SSSR count). The van der Waals surface area contributed by atoms with Crippen molar-refractivity contribution in [3.8, 4) is 0 Å². The first-order chi connectivity index (χ1) is 7.29. The van der Waals surface area contributed by atoms with Crippen molar-refractivity contribution in [2.75, 3.05) is 13.2 Å². The monoisotopic (exact) mass is 208 g/mol. The van der Waals surface area contributed by atoms with Crippen molar-refractivity contribution in [1.29, 1.82) is 0 Å². The minimum atomic E-state index is 0.559. The quantitative estimate of drug-likeness (QED) is 0.696. The summed E-state index contributed by atoms with van der Waals surface area (Å²) in [6.45, 7) is 6.78. The second kappa shape index (κ2) is 7.37. The maximum atomic E-state index is 5.52.